The molecule has 1 aliphatic carbocycles. The minimum atomic E-state index is -0.650. The monoisotopic (exact) mass is 278 g/mol. The molecule has 0 atom stereocenters. The third kappa shape index (κ3) is 3.04. The van der Waals surface area contributed by atoms with E-state index in [0.717, 1.165) is 31.4 Å². The molecule has 3 N–H and O–H groups in total. The summed E-state index contributed by atoms with van der Waals surface area (Å²) in [5, 5.41) is 10.5. The lowest BCUT2D eigenvalue weighted by Gasteiger charge is -2.30. The fraction of sp³-hybridized carbons (Fsp3) is 0.533. The van der Waals surface area contributed by atoms with Gasteiger partial charge < -0.3 is 20.5 Å². The lowest BCUT2D eigenvalue weighted by atomic mass is 10.0. The molecule has 0 unspecified atom stereocenters. The number of nitrogens with two attached hydrogens (primary N) is 1. The Bertz CT molecular complexity index is 496. The van der Waals surface area contributed by atoms with Gasteiger partial charge in [0.15, 0.2) is 0 Å². The number of nitrogens with zero attached hydrogens (tertiary/aromatic N) is 1. The zero-order valence-electron chi connectivity index (χ0n) is 12.1. The maximum atomic E-state index is 11.6. The molecule has 1 saturated carbocycles. The highest BCUT2D eigenvalue weighted by Gasteiger charge is 2.32. The van der Waals surface area contributed by atoms with E-state index in [0.29, 0.717) is 17.8 Å². The van der Waals surface area contributed by atoms with Crippen molar-refractivity contribution in [1.82, 2.24) is 0 Å². The number of hydrogen-bond acceptors (Lipinski definition) is 5. The van der Waals surface area contributed by atoms with Gasteiger partial charge in [-0.25, -0.2) is 4.79 Å². The lowest BCUT2D eigenvalue weighted by Crippen LogP contribution is -2.39. The van der Waals surface area contributed by atoms with Crippen LogP contribution in [-0.2, 0) is 4.74 Å². The molecule has 5 nitrogen and oxygen atoms in total. The molecule has 1 aromatic carbocycles. The van der Waals surface area contributed by atoms with E-state index in [1.54, 1.807) is 18.2 Å². The quantitative estimate of drug-likeness (QED) is 0.649. The molecule has 110 valence electrons. The molecule has 0 heterocycles. The first-order valence-corrected chi connectivity index (χ1v) is 6.86. The van der Waals surface area contributed by atoms with Gasteiger partial charge in [0, 0.05) is 13.6 Å². The van der Waals surface area contributed by atoms with Crippen LogP contribution in [0.4, 0.5) is 11.4 Å². The van der Waals surface area contributed by atoms with E-state index in [1.807, 2.05) is 11.9 Å². The Labute approximate surface area is 119 Å². The van der Waals surface area contributed by atoms with Gasteiger partial charge in [-0.1, -0.05) is 12.8 Å². The van der Waals surface area contributed by atoms with Crippen LogP contribution in [0.3, 0.4) is 0 Å². The van der Waals surface area contributed by atoms with E-state index >= 15 is 0 Å². The van der Waals surface area contributed by atoms with E-state index in [9.17, 15) is 9.90 Å². The molecule has 0 aliphatic heterocycles. The predicted octanol–water partition coefficient (Wildman–Crippen LogP) is 1.80. The largest absolute Gasteiger partial charge is 0.465 e. The van der Waals surface area contributed by atoms with Gasteiger partial charge in [0.1, 0.15) is 0 Å². The molecule has 5 heteroatoms. The van der Waals surface area contributed by atoms with E-state index in [-0.39, 0.29) is 5.97 Å². The number of rotatable bonds is 4. The minimum Gasteiger partial charge on any atom is -0.465 e. The average molecular weight is 278 g/mol. The van der Waals surface area contributed by atoms with E-state index in [4.69, 9.17) is 10.5 Å². The standard InChI is InChI=1S/C15H22N2O3/c1-17(10-15(19)7-3-4-8-15)13-9-11(14(18)20-2)5-6-12(13)16/h5-6,9,19H,3-4,7-8,10,16H2,1-2H3. The number of nitrogen functional groups attached to an aromatic ring is 1. The Morgan fingerprint density at radius 2 is 2.10 bits per heavy atom. The number of carbonyl (C=O) groups is 1. The van der Waals surface area contributed by atoms with Gasteiger partial charge in [-0.3, -0.25) is 0 Å². The van der Waals surface area contributed by atoms with Crippen molar-refractivity contribution in [2.75, 3.05) is 31.3 Å². The molecule has 1 fully saturated rings. The number of anilines is 2. The van der Waals surface area contributed by atoms with Crippen molar-refractivity contribution in [2.45, 2.75) is 31.3 Å². The Balaban J connectivity index is 2.20. The second-order valence-electron chi connectivity index (χ2n) is 5.55. The van der Waals surface area contributed by atoms with Crippen molar-refractivity contribution >= 4 is 17.3 Å². The maximum absolute atomic E-state index is 11.6. The Morgan fingerprint density at radius 1 is 1.45 bits per heavy atom. The maximum Gasteiger partial charge on any atom is 0.337 e. The number of likely N-dealkylation sites (N-methyl/N-ethyl adjacent to an activating group) is 1. The molecule has 0 bridgehead atoms. The van der Waals surface area contributed by atoms with Crippen molar-refractivity contribution in [1.29, 1.82) is 0 Å². The van der Waals surface area contributed by atoms with Crippen LogP contribution in [0.1, 0.15) is 36.0 Å². The summed E-state index contributed by atoms with van der Waals surface area (Å²) in [7, 11) is 3.23. The molecule has 20 heavy (non-hydrogen) atoms. The number of ether oxygens (including phenoxy) is 1. The Hall–Kier alpha value is -1.75. The second kappa shape index (κ2) is 5.71. The van der Waals surface area contributed by atoms with Crippen molar-refractivity contribution < 1.29 is 14.6 Å². The summed E-state index contributed by atoms with van der Waals surface area (Å²) in [6.07, 6.45) is 3.74. The van der Waals surface area contributed by atoms with Crippen LogP contribution in [0.15, 0.2) is 18.2 Å². The van der Waals surface area contributed by atoms with Gasteiger partial charge in [0.2, 0.25) is 0 Å². The van der Waals surface area contributed by atoms with Crippen LogP contribution in [0.2, 0.25) is 0 Å². The molecule has 0 aromatic heterocycles. The summed E-state index contributed by atoms with van der Waals surface area (Å²) in [5.41, 5.74) is 7.11. The molecule has 1 aliphatic rings. The topological polar surface area (TPSA) is 75.8 Å². The number of aliphatic hydroxyl groups is 1. The van der Waals surface area contributed by atoms with Crippen molar-refractivity contribution in [3.05, 3.63) is 23.8 Å². The molecule has 2 rings (SSSR count). The van der Waals surface area contributed by atoms with Gasteiger partial charge in [-0.2, -0.15) is 0 Å². The SMILES string of the molecule is COC(=O)c1ccc(N)c(N(C)CC2(O)CCCC2)c1. The Morgan fingerprint density at radius 3 is 2.70 bits per heavy atom. The number of hydrogen-bond donors (Lipinski definition) is 2. The minimum absolute atomic E-state index is 0.390. The van der Waals surface area contributed by atoms with Crippen LogP contribution in [0.5, 0.6) is 0 Å². The van der Waals surface area contributed by atoms with Crippen molar-refractivity contribution in [2.24, 2.45) is 0 Å². The number of methoxy groups -OCH3 is 1. The third-order valence-electron chi connectivity index (χ3n) is 3.93. The number of esters is 1. The van der Waals surface area contributed by atoms with E-state index < -0.39 is 5.60 Å². The zero-order valence-corrected chi connectivity index (χ0v) is 12.1. The fourth-order valence-corrected chi connectivity index (χ4v) is 2.84. The highest BCUT2D eigenvalue weighted by atomic mass is 16.5. The van der Waals surface area contributed by atoms with Crippen molar-refractivity contribution in [3.63, 3.8) is 0 Å². The molecule has 0 amide bonds. The molecule has 1 aromatic rings. The first kappa shape index (κ1) is 14.7. The summed E-state index contributed by atoms with van der Waals surface area (Å²) in [4.78, 5) is 13.5. The first-order chi connectivity index (χ1) is 9.45. The van der Waals surface area contributed by atoms with E-state index in [2.05, 4.69) is 0 Å². The number of benzene rings is 1. The predicted molar refractivity (Wildman–Crippen MR) is 78.9 cm³/mol. The molecular weight excluding hydrogens is 256 g/mol. The number of carbonyl (C=O) groups excluding carboxylic acids is 1. The zero-order chi connectivity index (χ0) is 14.8. The molecular formula is C15H22N2O3. The Kier molecular flexibility index (Phi) is 4.18. The molecule has 0 saturated heterocycles. The lowest BCUT2D eigenvalue weighted by molar-refractivity contribution is 0.0559. The average Bonchev–Trinajstić information content (AvgIpc) is 2.84. The second-order valence-corrected chi connectivity index (χ2v) is 5.55. The summed E-state index contributed by atoms with van der Waals surface area (Å²) < 4.78 is 4.72. The van der Waals surface area contributed by atoms with Crippen LogP contribution in [0, 0.1) is 0 Å². The van der Waals surface area contributed by atoms with Gasteiger partial charge in [-0.15, -0.1) is 0 Å². The van der Waals surface area contributed by atoms with Crippen molar-refractivity contribution in [3.8, 4) is 0 Å². The normalized spacial score (nSPS) is 16.9. The van der Waals surface area contributed by atoms with Crippen LogP contribution >= 0.6 is 0 Å². The van der Waals surface area contributed by atoms with Crippen LogP contribution in [-0.4, -0.2) is 37.4 Å². The highest BCUT2D eigenvalue weighted by molar-refractivity contribution is 5.92. The molecule has 0 radical (unpaired) electrons. The highest BCUT2D eigenvalue weighted by Crippen LogP contribution is 2.32. The van der Waals surface area contributed by atoms with Crippen LogP contribution in [0.25, 0.3) is 0 Å². The van der Waals surface area contributed by atoms with Gasteiger partial charge in [0.25, 0.3) is 0 Å². The summed E-state index contributed by atoms with van der Waals surface area (Å²) >= 11 is 0. The van der Waals surface area contributed by atoms with Gasteiger partial charge >= 0.3 is 5.97 Å². The van der Waals surface area contributed by atoms with Gasteiger partial charge in [-0.05, 0) is 31.0 Å². The molecule has 0 spiro atoms. The first-order valence-electron chi connectivity index (χ1n) is 6.86. The summed E-state index contributed by atoms with van der Waals surface area (Å²) in [5.74, 6) is -0.390. The fourth-order valence-electron chi connectivity index (χ4n) is 2.84. The third-order valence-corrected chi connectivity index (χ3v) is 3.93. The van der Waals surface area contributed by atoms with E-state index in [1.165, 1.54) is 7.11 Å². The van der Waals surface area contributed by atoms with Gasteiger partial charge in [0.05, 0.1) is 29.6 Å². The van der Waals surface area contributed by atoms with Crippen LogP contribution < -0.4 is 10.6 Å². The summed E-state index contributed by atoms with van der Waals surface area (Å²) in [6, 6.07) is 5.04. The smallest absolute Gasteiger partial charge is 0.337 e. The summed E-state index contributed by atoms with van der Waals surface area (Å²) in [6.45, 7) is 0.516.